The van der Waals surface area contributed by atoms with E-state index in [2.05, 4.69) is 110 Å². The minimum absolute atomic E-state index is 0. The van der Waals surface area contributed by atoms with Crippen molar-refractivity contribution in [2.75, 3.05) is 13.8 Å². The lowest BCUT2D eigenvalue weighted by atomic mass is 10.1. The molecule has 0 radical (unpaired) electrons. The maximum Gasteiger partial charge on any atom is 0.119 e. The second kappa shape index (κ2) is 9.27. The van der Waals surface area contributed by atoms with Gasteiger partial charge in [-0.15, -0.1) is 0 Å². The summed E-state index contributed by atoms with van der Waals surface area (Å²) in [5.41, 5.74) is 2.46. The Hall–Kier alpha value is -2.60. The van der Waals surface area contributed by atoms with E-state index in [1.54, 1.807) is 7.11 Å². The van der Waals surface area contributed by atoms with Gasteiger partial charge in [0.25, 0.3) is 0 Å². The molecule has 4 aromatic carbocycles. The standard InChI is InChI=1S/C26H24OP.ClH/c1-27-22-13-11-12-21(20-22)25-18-9-10-19-26(25)28(2,23-14-5-3-6-15-23)24-16-7-4-8-17-24;/h3-20H,1-2H3;1H/q+1;/p-1. The van der Waals surface area contributed by atoms with Crippen LogP contribution in [0.2, 0.25) is 0 Å². The van der Waals surface area contributed by atoms with E-state index >= 15 is 0 Å². The molecule has 0 aliphatic carbocycles. The average Bonchev–Trinajstić information content (AvgIpc) is 2.80. The molecule has 4 aromatic rings. The molecule has 0 aromatic heterocycles. The number of ether oxygens (including phenoxy) is 1. The van der Waals surface area contributed by atoms with Crippen molar-refractivity contribution in [2.45, 2.75) is 0 Å². The van der Waals surface area contributed by atoms with Crippen LogP contribution in [0, 0.1) is 0 Å². The van der Waals surface area contributed by atoms with Crippen LogP contribution < -0.4 is 33.1 Å². The van der Waals surface area contributed by atoms with Crippen molar-refractivity contribution in [2.24, 2.45) is 0 Å². The first-order valence-electron chi connectivity index (χ1n) is 9.45. The summed E-state index contributed by atoms with van der Waals surface area (Å²) in [6.07, 6.45) is 0. The van der Waals surface area contributed by atoms with Crippen molar-refractivity contribution in [3.63, 3.8) is 0 Å². The fourth-order valence-corrected chi connectivity index (χ4v) is 7.24. The van der Waals surface area contributed by atoms with Crippen LogP contribution in [0.5, 0.6) is 5.75 Å². The molecule has 4 rings (SSSR count). The highest BCUT2D eigenvalue weighted by atomic mass is 35.5. The first kappa shape index (κ1) is 21.1. The Morgan fingerprint density at radius 2 is 1.17 bits per heavy atom. The summed E-state index contributed by atoms with van der Waals surface area (Å²) >= 11 is 0. The zero-order chi connectivity index (χ0) is 19.4. The number of rotatable bonds is 5. The number of benzene rings is 4. The zero-order valence-electron chi connectivity index (χ0n) is 16.6. The summed E-state index contributed by atoms with van der Waals surface area (Å²) in [5.74, 6) is 0.881. The van der Waals surface area contributed by atoms with Gasteiger partial charge in [0.15, 0.2) is 0 Å². The second-order valence-electron chi connectivity index (χ2n) is 6.93. The number of hydrogen-bond donors (Lipinski definition) is 0. The van der Waals surface area contributed by atoms with Crippen LogP contribution in [0.4, 0.5) is 0 Å². The van der Waals surface area contributed by atoms with Crippen molar-refractivity contribution in [1.82, 2.24) is 0 Å². The largest absolute Gasteiger partial charge is 1.00 e. The third kappa shape index (κ3) is 4.08. The highest BCUT2D eigenvalue weighted by molar-refractivity contribution is 7.95. The van der Waals surface area contributed by atoms with Gasteiger partial charge in [0.05, 0.1) is 13.8 Å². The van der Waals surface area contributed by atoms with E-state index in [4.69, 9.17) is 4.74 Å². The van der Waals surface area contributed by atoms with Crippen LogP contribution in [-0.2, 0) is 0 Å². The molecule has 0 aliphatic heterocycles. The van der Waals surface area contributed by atoms with Crippen LogP contribution in [0.25, 0.3) is 11.1 Å². The highest BCUT2D eigenvalue weighted by Crippen LogP contribution is 2.53. The Kier molecular flexibility index (Phi) is 6.75. The number of hydrogen-bond acceptors (Lipinski definition) is 1. The van der Waals surface area contributed by atoms with Gasteiger partial charge < -0.3 is 17.1 Å². The molecular weight excluding hydrogens is 395 g/mol. The first-order valence-corrected chi connectivity index (χ1v) is 11.7. The molecule has 0 atom stereocenters. The van der Waals surface area contributed by atoms with Crippen molar-refractivity contribution in [3.05, 3.63) is 109 Å². The minimum atomic E-state index is -1.79. The molecule has 0 saturated carbocycles. The fraction of sp³-hybridized carbons (Fsp3) is 0.0769. The Labute approximate surface area is 180 Å². The van der Waals surface area contributed by atoms with E-state index in [1.807, 2.05) is 6.07 Å². The van der Waals surface area contributed by atoms with Crippen molar-refractivity contribution >= 4 is 23.2 Å². The van der Waals surface area contributed by atoms with Gasteiger partial charge in [-0.1, -0.05) is 66.7 Å². The molecule has 0 aliphatic rings. The normalized spacial score (nSPS) is 10.8. The zero-order valence-corrected chi connectivity index (χ0v) is 18.3. The molecule has 0 fully saturated rings. The lowest BCUT2D eigenvalue weighted by molar-refractivity contribution is -0.00000577. The maximum atomic E-state index is 5.48. The minimum Gasteiger partial charge on any atom is -1.00 e. The van der Waals surface area contributed by atoms with Gasteiger partial charge in [0, 0.05) is 5.56 Å². The van der Waals surface area contributed by atoms with E-state index in [0.717, 1.165) is 5.75 Å². The predicted molar refractivity (Wildman–Crippen MR) is 123 cm³/mol. The first-order chi connectivity index (χ1) is 13.7. The second-order valence-corrected chi connectivity index (χ2v) is 10.5. The molecule has 0 bridgehead atoms. The fourth-order valence-electron chi connectivity index (χ4n) is 3.78. The average molecular weight is 419 g/mol. The van der Waals surface area contributed by atoms with Crippen LogP contribution in [0.1, 0.15) is 0 Å². The van der Waals surface area contributed by atoms with Crippen LogP contribution in [-0.4, -0.2) is 13.8 Å². The van der Waals surface area contributed by atoms with Gasteiger partial charge in [-0.2, -0.15) is 0 Å². The summed E-state index contributed by atoms with van der Waals surface area (Å²) in [6.45, 7) is 2.43. The summed E-state index contributed by atoms with van der Waals surface area (Å²) < 4.78 is 5.48. The van der Waals surface area contributed by atoms with E-state index in [-0.39, 0.29) is 12.4 Å². The lowest BCUT2D eigenvalue weighted by Gasteiger charge is -2.25. The van der Waals surface area contributed by atoms with Gasteiger partial charge in [-0.25, -0.2) is 0 Å². The summed E-state index contributed by atoms with van der Waals surface area (Å²) in [4.78, 5) is 0. The highest BCUT2D eigenvalue weighted by Gasteiger charge is 2.41. The molecule has 0 amide bonds. The molecule has 0 N–H and O–H groups in total. The monoisotopic (exact) mass is 418 g/mol. The molecule has 1 nitrogen and oxygen atoms in total. The Morgan fingerprint density at radius 3 is 1.76 bits per heavy atom. The van der Waals surface area contributed by atoms with Crippen molar-refractivity contribution in [3.8, 4) is 16.9 Å². The van der Waals surface area contributed by atoms with Gasteiger partial charge in [0.2, 0.25) is 0 Å². The molecule has 146 valence electrons. The van der Waals surface area contributed by atoms with Crippen LogP contribution >= 0.6 is 7.26 Å². The molecule has 0 heterocycles. The third-order valence-corrected chi connectivity index (χ3v) is 9.33. The lowest BCUT2D eigenvalue weighted by Crippen LogP contribution is -3.00. The van der Waals surface area contributed by atoms with Gasteiger partial charge >= 0.3 is 0 Å². The van der Waals surface area contributed by atoms with E-state index < -0.39 is 7.26 Å². The smallest absolute Gasteiger partial charge is 0.119 e. The van der Waals surface area contributed by atoms with Gasteiger partial charge in [0.1, 0.15) is 28.9 Å². The molecule has 0 spiro atoms. The predicted octanol–water partition coefficient (Wildman–Crippen LogP) is 2.29. The number of halogens is 1. The number of methoxy groups -OCH3 is 1. The van der Waals surface area contributed by atoms with E-state index in [0.29, 0.717) is 0 Å². The van der Waals surface area contributed by atoms with Crippen molar-refractivity contribution in [1.29, 1.82) is 0 Å². The molecule has 3 heteroatoms. The van der Waals surface area contributed by atoms with Gasteiger partial charge in [-0.3, -0.25) is 0 Å². The topological polar surface area (TPSA) is 9.23 Å². The SMILES string of the molecule is COc1cccc(-c2ccccc2[P+](C)(c2ccccc2)c2ccccc2)c1.[Cl-]. The summed E-state index contributed by atoms with van der Waals surface area (Å²) in [7, 11) is -0.0756. The molecular formula is C26H24ClOP. The summed E-state index contributed by atoms with van der Waals surface area (Å²) in [5, 5.41) is 4.16. The van der Waals surface area contributed by atoms with Crippen LogP contribution in [0.3, 0.4) is 0 Å². The Morgan fingerprint density at radius 1 is 0.621 bits per heavy atom. The third-order valence-electron chi connectivity index (χ3n) is 5.31. The Bertz CT molecular complexity index is 1020. The molecule has 29 heavy (non-hydrogen) atoms. The maximum absolute atomic E-state index is 5.48. The van der Waals surface area contributed by atoms with Crippen molar-refractivity contribution < 1.29 is 17.1 Å². The molecule has 0 unspecified atom stereocenters. The van der Waals surface area contributed by atoms with E-state index in [1.165, 1.54) is 27.0 Å². The van der Waals surface area contributed by atoms with E-state index in [9.17, 15) is 0 Å². The summed E-state index contributed by atoms with van der Waals surface area (Å²) in [6, 6.07) is 39.0. The van der Waals surface area contributed by atoms with Gasteiger partial charge in [-0.05, 0) is 48.0 Å². The molecule has 0 saturated heterocycles. The van der Waals surface area contributed by atoms with Crippen LogP contribution in [0.15, 0.2) is 109 Å². The Balaban J connectivity index is 0.00000240. The quantitative estimate of drug-likeness (QED) is 0.452.